The molecule has 8 amide bonds. The van der Waals surface area contributed by atoms with Gasteiger partial charge in [-0.1, -0.05) is 37.3 Å². The molecular formula is C55H60FN9O12. The molecule has 3 aliphatic heterocycles. The van der Waals surface area contributed by atoms with E-state index in [-0.39, 0.29) is 61.2 Å². The monoisotopic (exact) mass is 1060 g/mol. The number of aryl methyl sites for hydroxylation is 1. The van der Waals surface area contributed by atoms with Crippen molar-refractivity contribution in [3.8, 4) is 11.4 Å². The second kappa shape index (κ2) is 22.6. The molecule has 2 aliphatic carbocycles. The number of cyclic esters (lactones) is 1. The number of nitrogens with zero attached hydrogens (tertiary/aromatic N) is 3. The summed E-state index contributed by atoms with van der Waals surface area (Å²) >= 11 is 0. The fourth-order valence-corrected chi connectivity index (χ4v) is 11.1. The number of hydrogen-bond acceptors (Lipinski definition) is 13. The number of hydrogen-bond donors (Lipinski definition) is 6. The van der Waals surface area contributed by atoms with E-state index in [4.69, 9.17) is 14.5 Å². The summed E-state index contributed by atoms with van der Waals surface area (Å²) in [5.74, 6) is -5.33. The number of amides is 8. The summed E-state index contributed by atoms with van der Waals surface area (Å²) in [6.45, 7) is 3.30. The predicted octanol–water partition coefficient (Wildman–Crippen LogP) is 1.60. The first kappa shape index (κ1) is 53.7. The summed E-state index contributed by atoms with van der Waals surface area (Å²) in [5.41, 5.74) is 4.26. The number of carbonyl (C=O) groups excluding carboxylic acids is 9. The lowest BCUT2D eigenvalue weighted by Crippen LogP contribution is -2.52. The van der Waals surface area contributed by atoms with Crippen molar-refractivity contribution >= 4 is 64.1 Å². The highest BCUT2D eigenvalue weighted by Gasteiger charge is 2.44. The number of aromatic nitrogens is 2. The number of esters is 1. The first-order valence-corrected chi connectivity index (χ1v) is 25.9. The zero-order valence-corrected chi connectivity index (χ0v) is 42.9. The van der Waals surface area contributed by atoms with E-state index in [1.807, 2.05) is 13.0 Å². The molecule has 1 saturated carbocycles. The Balaban J connectivity index is 0.744. The van der Waals surface area contributed by atoms with Crippen molar-refractivity contribution in [2.75, 3.05) is 39.5 Å². The summed E-state index contributed by atoms with van der Waals surface area (Å²) in [6, 6.07) is 10.3. The van der Waals surface area contributed by atoms with Crippen LogP contribution in [-0.2, 0) is 84.0 Å². The highest BCUT2D eigenvalue weighted by molar-refractivity contribution is 6.13. The molecule has 5 aliphatic rings. The third kappa shape index (κ3) is 11.2. The van der Waals surface area contributed by atoms with Crippen molar-refractivity contribution in [3.63, 3.8) is 0 Å². The standard InChI is InChI=1S/C55H60FN9O12/c1-4-55(3)36-19-41-50-34(25-64(41)53(74)35(36)26-77-54(55)75)49-38(15-14-33-29(2)37(56)20-39(63-50)48(33)49)61-45(69)27-76-28-60-43(67)22-59-52(73)40(18-30-8-6-5-7-9-30)62-44(68)23-57-42(66)21-58-51(72)32-12-10-31(11-13-32)24-65-46(70)16-17-47(65)71/h5-9,16-17,19-20,31-32,38,40H,4,10-15,18,21-28H2,1-3H3,(H,57,66)(H,58,72)(H,59,73)(H,60,67)(H,61,69)(H,62,68)/t31?,32?,38-,40-,55+/m0/s1. The molecule has 0 radical (unpaired) electrons. The maximum Gasteiger partial charge on any atom is 0.316 e. The second-order valence-corrected chi connectivity index (χ2v) is 20.4. The predicted molar refractivity (Wildman–Crippen MR) is 273 cm³/mol. The Hall–Kier alpha value is -8.14. The number of imide groups is 1. The molecule has 0 unspecified atom stereocenters. The summed E-state index contributed by atoms with van der Waals surface area (Å²) in [7, 11) is 0. The minimum Gasteiger partial charge on any atom is -0.460 e. The van der Waals surface area contributed by atoms with Gasteiger partial charge in [0, 0.05) is 48.1 Å². The van der Waals surface area contributed by atoms with Crippen molar-refractivity contribution in [2.45, 2.75) is 103 Å². The van der Waals surface area contributed by atoms with Crippen molar-refractivity contribution in [1.82, 2.24) is 46.4 Å². The van der Waals surface area contributed by atoms with Gasteiger partial charge in [-0.05, 0) is 98.6 Å². The van der Waals surface area contributed by atoms with E-state index in [9.17, 15) is 47.9 Å². The highest BCUT2D eigenvalue weighted by atomic mass is 19.1. The summed E-state index contributed by atoms with van der Waals surface area (Å²) in [6.07, 6.45) is 6.09. The van der Waals surface area contributed by atoms with Crippen LogP contribution in [0.2, 0.25) is 0 Å². The minimum absolute atomic E-state index is 0.0479. The van der Waals surface area contributed by atoms with Crippen LogP contribution >= 0.6 is 0 Å². The molecule has 3 atom stereocenters. The summed E-state index contributed by atoms with van der Waals surface area (Å²) in [5, 5.41) is 16.4. The van der Waals surface area contributed by atoms with E-state index < -0.39 is 85.2 Å². The number of benzene rings is 2. The lowest BCUT2D eigenvalue weighted by molar-refractivity contribution is -0.153. The average molecular weight is 1060 g/mol. The Bertz CT molecular complexity index is 3190. The number of ether oxygens (including phenoxy) is 2. The number of pyridine rings is 2. The van der Waals surface area contributed by atoms with Crippen LogP contribution in [0.5, 0.6) is 0 Å². The molecule has 404 valence electrons. The topological polar surface area (TPSA) is 282 Å². The van der Waals surface area contributed by atoms with Crippen LogP contribution in [-0.4, -0.2) is 113 Å². The molecule has 1 fully saturated rings. The lowest BCUT2D eigenvalue weighted by Gasteiger charge is -2.33. The SMILES string of the molecule is CC[C@@]1(C)C(=O)OCc2c1cc1n(c2=O)Cc2c-1nc1cc(F)c(C)c3c1c2[C@@H](NC(=O)COCNC(=O)CNC(=O)[C@H](Cc1ccccc1)NC(=O)CNC(=O)CNC(=O)C1CCC(CN2C(=O)C=CC2=O)CC1)CC3. The Morgan fingerprint density at radius 1 is 0.844 bits per heavy atom. The molecule has 77 heavy (non-hydrogen) atoms. The molecule has 5 heterocycles. The van der Waals surface area contributed by atoms with E-state index in [1.54, 1.807) is 48.7 Å². The molecular weight excluding hydrogens is 998 g/mol. The number of halogens is 1. The van der Waals surface area contributed by atoms with Crippen LogP contribution in [0.1, 0.15) is 97.4 Å². The minimum atomic E-state index is -1.16. The Kier molecular flexibility index (Phi) is 15.8. The van der Waals surface area contributed by atoms with Gasteiger partial charge >= 0.3 is 5.97 Å². The van der Waals surface area contributed by atoms with Gasteiger partial charge in [0.2, 0.25) is 35.4 Å². The van der Waals surface area contributed by atoms with Crippen molar-refractivity contribution in [1.29, 1.82) is 0 Å². The van der Waals surface area contributed by atoms with Gasteiger partial charge < -0.3 is 45.9 Å². The van der Waals surface area contributed by atoms with Gasteiger partial charge in [-0.2, -0.15) is 0 Å². The maximum atomic E-state index is 15.4. The maximum absolute atomic E-state index is 15.4. The first-order chi connectivity index (χ1) is 36.9. The molecule has 21 nitrogen and oxygen atoms in total. The van der Waals surface area contributed by atoms with Crippen molar-refractivity contribution in [2.24, 2.45) is 11.8 Å². The second-order valence-electron chi connectivity index (χ2n) is 20.4. The average Bonchev–Trinajstić information content (AvgIpc) is 4.16. The third-order valence-electron chi connectivity index (χ3n) is 15.6. The van der Waals surface area contributed by atoms with Gasteiger partial charge in [0.05, 0.1) is 60.1 Å². The van der Waals surface area contributed by atoms with Gasteiger partial charge in [-0.3, -0.25) is 52.8 Å². The van der Waals surface area contributed by atoms with E-state index >= 15 is 4.39 Å². The van der Waals surface area contributed by atoms with Crippen LogP contribution in [0.15, 0.2) is 59.4 Å². The van der Waals surface area contributed by atoms with Crippen LogP contribution in [0.4, 0.5) is 4.39 Å². The Labute approximate surface area is 441 Å². The largest absolute Gasteiger partial charge is 0.460 e. The molecule has 0 saturated heterocycles. The Morgan fingerprint density at radius 3 is 2.27 bits per heavy atom. The number of rotatable bonds is 19. The highest BCUT2D eigenvalue weighted by Crippen LogP contribution is 2.46. The normalized spacial score (nSPS) is 20.3. The molecule has 9 rings (SSSR count). The smallest absolute Gasteiger partial charge is 0.316 e. The quantitative estimate of drug-likeness (QED) is 0.0297. The zero-order valence-electron chi connectivity index (χ0n) is 42.9. The van der Waals surface area contributed by atoms with Crippen molar-refractivity contribution < 1.29 is 57.0 Å². The molecule has 2 aromatic carbocycles. The fourth-order valence-electron chi connectivity index (χ4n) is 11.1. The van der Waals surface area contributed by atoms with Crippen LogP contribution < -0.4 is 37.5 Å². The lowest BCUT2D eigenvalue weighted by atomic mass is 9.76. The molecule has 6 N–H and O–H groups in total. The van der Waals surface area contributed by atoms with E-state index in [0.29, 0.717) is 107 Å². The fraction of sp³-hybridized carbons (Fsp3) is 0.436. The molecule has 22 heteroatoms. The van der Waals surface area contributed by atoms with E-state index in [2.05, 4.69) is 31.9 Å². The molecule has 4 aromatic rings. The molecule has 0 bridgehead atoms. The van der Waals surface area contributed by atoms with Gasteiger partial charge in [0.15, 0.2) is 0 Å². The molecule has 0 spiro atoms. The van der Waals surface area contributed by atoms with Crippen molar-refractivity contribution in [3.05, 3.63) is 110 Å². The van der Waals surface area contributed by atoms with E-state index in [1.165, 1.54) is 23.1 Å². The summed E-state index contributed by atoms with van der Waals surface area (Å²) in [4.78, 5) is 135. The third-order valence-corrected chi connectivity index (χ3v) is 15.6. The number of fused-ring (bicyclic) bond motifs is 5. The zero-order chi connectivity index (χ0) is 54.7. The Morgan fingerprint density at radius 2 is 1.55 bits per heavy atom. The molecule has 2 aromatic heterocycles. The van der Waals surface area contributed by atoms with Gasteiger partial charge in [-0.15, -0.1) is 0 Å². The van der Waals surface area contributed by atoms with Gasteiger partial charge in [-0.25, -0.2) is 9.37 Å². The summed E-state index contributed by atoms with van der Waals surface area (Å²) < 4.78 is 28.0. The van der Waals surface area contributed by atoms with E-state index in [0.717, 1.165) is 5.56 Å². The number of nitrogens with one attached hydrogen (secondary N) is 6. The first-order valence-electron chi connectivity index (χ1n) is 25.9. The van der Waals surface area contributed by atoms with Crippen LogP contribution in [0, 0.1) is 24.6 Å². The number of carbonyl (C=O) groups is 9. The van der Waals surface area contributed by atoms with Crippen LogP contribution in [0.25, 0.3) is 22.3 Å². The van der Waals surface area contributed by atoms with Gasteiger partial charge in [0.1, 0.15) is 31.8 Å². The van der Waals surface area contributed by atoms with Gasteiger partial charge in [0.25, 0.3) is 17.4 Å². The van der Waals surface area contributed by atoms with Crippen LogP contribution in [0.3, 0.4) is 0 Å².